The number of benzene rings is 1. The molecule has 146 valence electrons. The highest BCUT2D eigenvalue weighted by Gasteiger charge is 2.27. The number of hydrogen-bond donors (Lipinski definition) is 0. The molecule has 0 bridgehead atoms. The van der Waals surface area contributed by atoms with Crippen LogP contribution in [0.25, 0.3) is 0 Å². The Morgan fingerprint density at radius 1 is 1.11 bits per heavy atom. The van der Waals surface area contributed by atoms with Crippen LogP contribution in [0.2, 0.25) is 19.6 Å². The van der Waals surface area contributed by atoms with Gasteiger partial charge < -0.3 is 14.2 Å². The molecule has 0 fully saturated rings. The van der Waals surface area contributed by atoms with E-state index in [0.29, 0.717) is 5.56 Å². The minimum atomic E-state index is -1.54. The average Bonchev–Trinajstić information content (AvgIpc) is 2.64. The van der Waals surface area contributed by atoms with Gasteiger partial charge in [0.15, 0.2) is 18.8 Å². The van der Waals surface area contributed by atoms with E-state index in [-0.39, 0.29) is 6.61 Å². The predicted molar refractivity (Wildman–Crippen MR) is 109 cm³/mol. The van der Waals surface area contributed by atoms with Crippen molar-refractivity contribution in [2.75, 3.05) is 6.61 Å². The molecule has 0 N–H and O–H groups in total. The van der Waals surface area contributed by atoms with Gasteiger partial charge in [-0.2, -0.15) is 0 Å². The summed E-state index contributed by atoms with van der Waals surface area (Å²) in [6.45, 7) is 7.68. The highest BCUT2D eigenvalue weighted by atomic mass is 28.3. The van der Waals surface area contributed by atoms with Crippen LogP contribution < -0.4 is 0 Å². The predicted octanol–water partition coefficient (Wildman–Crippen LogP) is 2.98. The Kier molecular flexibility index (Phi) is 7.63. The molecule has 0 amide bonds. The first-order valence-electron chi connectivity index (χ1n) is 8.99. The van der Waals surface area contributed by atoms with Crippen LogP contribution in [0.3, 0.4) is 0 Å². The van der Waals surface area contributed by atoms with Gasteiger partial charge in [-0.05, 0) is 24.3 Å². The summed E-state index contributed by atoms with van der Waals surface area (Å²) < 4.78 is 16.2. The monoisotopic (exact) mass is 396 g/mol. The summed E-state index contributed by atoms with van der Waals surface area (Å²) in [5.41, 5.74) is 3.71. The SMILES string of the molecule is CC(=O)O[C@H]1C=C[C@@H](C#C[Si](C)(C)C)O[C@@H]1C#CCOC(=O)c1ccccc1. The molecule has 3 atom stereocenters. The molecule has 0 radical (unpaired) electrons. The summed E-state index contributed by atoms with van der Waals surface area (Å²) in [5, 5.41) is 0. The first-order chi connectivity index (χ1) is 13.2. The van der Waals surface area contributed by atoms with E-state index in [1.54, 1.807) is 36.4 Å². The van der Waals surface area contributed by atoms with Crippen LogP contribution in [0.1, 0.15) is 17.3 Å². The quantitative estimate of drug-likeness (QED) is 0.340. The molecule has 28 heavy (non-hydrogen) atoms. The smallest absolute Gasteiger partial charge is 0.339 e. The summed E-state index contributed by atoms with van der Waals surface area (Å²) >= 11 is 0. The standard InChI is InChI=1S/C22H24O5Si/c1-17(23)26-21-13-12-19(14-16-28(2,3)4)27-20(21)11-8-15-25-22(24)18-9-6-5-7-10-18/h5-7,9-10,12-13,19-21H,15H2,1-4H3/t19-,20+,21-/m0/s1. The molecule has 1 aromatic rings. The van der Waals surface area contributed by atoms with Gasteiger partial charge in [0, 0.05) is 6.92 Å². The van der Waals surface area contributed by atoms with Gasteiger partial charge >= 0.3 is 11.9 Å². The second-order valence-electron chi connectivity index (χ2n) is 7.22. The Bertz CT molecular complexity index is 846. The van der Waals surface area contributed by atoms with E-state index in [0.717, 1.165) is 0 Å². The third-order valence-electron chi connectivity index (χ3n) is 3.49. The molecule has 0 aliphatic carbocycles. The molecule has 1 aromatic carbocycles. The molecular formula is C22H24O5Si. The maximum atomic E-state index is 11.9. The number of rotatable bonds is 3. The van der Waals surface area contributed by atoms with Crippen molar-refractivity contribution in [1.29, 1.82) is 0 Å². The van der Waals surface area contributed by atoms with E-state index >= 15 is 0 Å². The molecule has 2 rings (SSSR count). The summed E-state index contributed by atoms with van der Waals surface area (Å²) in [5.74, 6) is 7.88. The lowest BCUT2D eigenvalue weighted by atomic mass is 10.1. The van der Waals surface area contributed by atoms with E-state index < -0.39 is 38.3 Å². The first kappa shape index (κ1) is 21.5. The Morgan fingerprint density at radius 3 is 2.46 bits per heavy atom. The molecule has 0 aromatic heterocycles. The molecule has 6 heteroatoms. The van der Waals surface area contributed by atoms with E-state index in [2.05, 4.69) is 42.9 Å². The molecule has 0 saturated heterocycles. The van der Waals surface area contributed by atoms with Crippen molar-refractivity contribution < 1.29 is 23.8 Å². The topological polar surface area (TPSA) is 61.8 Å². The highest BCUT2D eigenvalue weighted by Crippen LogP contribution is 2.16. The zero-order valence-electron chi connectivity index (χ0n) is 16.5. The number of hydrogen-bond acceptors (Lipinski definition) is 5. The summed E-state index contributed by atoms with van der Waals surface area (Å²) in [4.78, 5) is 23.2. The van der Waals surface area contributed by atoms with Gasteiger partial charge in [-0.1, -0.05) is 55.6 Å². The molecule has 0 unspecified atom stereocenters. The summed E-state index contributed by atoms with van der Waals surface area (Å²) in [6.07, 6.45) is 1.80. The minimum Gasteiger partial charge on any atom is -0.454 e. The Hall–Kier alpha value is -2.80. The lowest BCUT2D eigenvalue weighted by Crippen LogP contribution is -2.37. The van der Waals surface area contributed by atoms with Crippen molar-refractivity contribution in [3.8, 4) is 23.3 Å². The van der Waals surface area contributed by atoms with Crippen molar-refractivity contribution >= 4 is 20.0 Å². The number of carbonyl (C=O) groups is 2. The molecule has 1 heterocycles. The fourth-order valence-corrected chi connectivity index (χ4v) is 2.85. The van der Waals surface area contributed by atoms with E-state index in [1.165, 1.54) is 6.92 Å². The Balaban J connectivity index is 2.02. The number of ether oxygens (including phenoxy) is 3. The number of esters is 2. The number of carbonyl (C=O) groups excluding carboxylic acids is 2. The van der Waals surface area contributed by atoms with Crippen molar-refractivity contribution in [2.24, 2.45) is 0 Å². The summed E-state index contributed by atoms with van der Waals surface area (Å²) in [6, 6.07) is 8.68. The maximum Gasteiger partial charge on any atom is 0.339 e. The van der Waals surface area contributed by atoms with Gasteiger partial charge in [-0.25, -0.2) is 4.79 Å². The largest absolute Gasteiger partial charge is 0.454 e. The second-order valence-corrected chi connectivity index (χ2v) is 12.0. The lowest BCUT2D eigenvalue weighted by molar-refractivity contribution is -0.150. The second kappa shape index (κ2) is 9.94. The van der Waals surface area contributed by atoms with E-state index in [9.17, 15) is 9.59 Å². The van der Waals surface area contributed by atoms with E-state index in [1.807, 2.05) is 6.07 Å². The fourth-order valence-electron chi connectivity index (χ4n) is 2.27. The van der Waals surface area contributed by atoms with Crippen LogP contribution in [-0.4, -0.2) is 44.9 Å². The van der Waals surface area contributed by atoms with Crippen LogP contribution >= 0.6 is 0 Å². The van der Waals surface area contributed by atoms with Crippen LogP contribution in [0, 0.1) is 23.3 Å². The zero-order valence-corrected chi connectivity index (χ0v) is 17.5. The fraction of sp³-hybridized carbons (Fsp3) is 0.364. The third-order valence-corrected chi connectivity index (χ3v) is 4.38. The van der Waals surface area contributed by atoms with Gasteiger partial charge in [0.2, 0.25) is 0 Å². The first-order valence-corrected chi connectivity index (χ1v) is 12.5. The van der Waals surface area contributed by atoms with Crippen LogP contribution in [-0.2, 0) is 19.0 Å². The van der Waals surface area contributed by atoms with Gasteiger partial charge in [0.25, 0.3) is 0 Å². The van der Waals surface area contributed by atoms with Gasteiger partial charge in [-0.15, -0.1) is 5.54 Å². The van der Waals surface area contributed by atoms with Gasteiger partial charge in [-0.3, -0.25) is 4.79 Å². The Labute approximate surface area is 167 Å². The van der Waals surface area contributed by atoms with Crippen LogP contribution in [0.15, 0.2) is 42.5 Å². The molecule has 0 saturated carbocycles. The van der Waals surface area contributed by atoms with Crippen LogP contribution in [0.4, 0.5) is 0 Å². The van der Waals surface area contributed by atoms with Crippen molar-refractivity contribution in [2.45, 2.75) is 44.9 Å². The molecule has 0 spiro atoms. The highest BCUT2D eigenvalue weighted by molar-refractivity contribution is 6.83. The average molecular weight is 397 g/mol. The zero-order chi connectivity index (χ0) is 20.6. The van der Waals surface area contributed by atoms with Gasteiger partial charge in [0.1, 0.15) is 14.2 Å². The van der Waals surface area contributed by atoms with Crippen molar-refractivity contribution in [3.63, 3.8) is 0 Å². The minimum absolute atomic E-state index is 0.0880. The molecule has 5 nitrogen and oxygen atoms in total. The Morgan fingerprint density at radius 2 is 1.82 bits per heavy atom. The maximum absolute atomic E-state index is 11.9. The van der Waals surface area contributed by atoms with Gasteiger partial charge in [0.05, 0.1) is 5.56 Å². The van der Waals surface area contributed by atoms with Crippen molar-refractivity contribution in [1.82, 2.24) is 0 Å². The molecular weight excluding hydrogens is 372 g/mol. The summed E-state index contributed by atoms with van der Waals surface area (Å²) in [7, 11) is -1.54. The third kappa shape index (κ3) is 7.44. The normalized spacial score (nSPS) is 20.8. The van der Waals surface area contributed by atoms with Crippen molar-refractivity contribution in [3.05, 3.63) is 48.0 Å². The van der Waals surface area contributed by atoms with E-state index in [4.69, 9.17) is 14.2 Å². The molecule has 1 aliphatic rings. The molecule has 1 aliphatic heterocycles. The lowest BCUT2D eigenvalue weighted by Gasteiger charge is -2.26. The van der Waals surface area contributed by atoms with Crippen LogP contribution in [0.5, 0.6) is 0 Å².